The summed E-state index contributed by atoms with van der Waals surface area (Å²) in [5.74, 6) is 11.2. The molecular formula is C20H36O6. The summed E-state index contributed by atoms with van der Waals surface area (Å²) in [4.78, 5) is 4.16. The maximum absolute atomic E-state index is 8.57. The highest BCUT2D eigenvalue weighted by molar-refractivity contribution is 5.18. The fraction of sp³-hybridized carbons (Fsp3) is 0.700. The summed E-state index contributed by atoms with van der Waals surface area (Å²) in [7, 11) is 0. The third-order valence-electron chi connectivity index (χ3n) is 2.43. The second-order valence-corrected chi connectivity index (χ2v) is 6.39. The van der Waals surface area contributed by atoms with E-state index in [9.17, 15) is 0 Å². The summed E-state index contributed by atoms with van der Waals surface area (Å²) in [6, 6.07) is 0. The third-order valence-corrected chi connectivity index (χ3v) is 2.43. The van der Waals surface area contributed by atoms with Crippen LogP contribution in [0.3, 0.4) is 0 Å². The monoisotopic (exact) mass is 372 g/mol. The van der Waals surface area contributed by atoms with Crippen LogP contribution in [-0.2, 0) is 14.4 Å². The standard InChI is InChI=1S/C10H18O4.C8H14O2.C2H4/c1-9(2,13-8-7-11)5-6-10(3,4)14-12;1-4-5-8(2,3)10-7-6-9;1-2/h11-12H,7-8H2,1-4H3;9H,6-7H2,1-3H3;1-2H2. The van der Waals surface area contributed by atoms with Crippen LogP contribution in [0.15, 0.2) is 13.2 Å². The SMILES string of the molecule is C=C.CC#CC(C)(C)OCCO.CC(C)(C#CC(C)(C)OCCO)OO. The molecule has 0 unspecified atom stereocenters. The third kappa shape index (κ3) is 20.7. The molecule has 0 aromatic carbocycles. The van der Waals surface area contributed by atoms with Crippen molar-refractivity contribution >= 4 is 0 Å². The fourth-order valence-electron chi connectivity index (χ4n) is 1.30. The van der Waals surface area contributed by atoms with Gasteiger partial charge >= 0.3 is 0 Å². The molecule has 0 aromatic heterocycles. The maximum Gasteiger partial charge on any atom is 0.158 e. The van der Waals surface area contributed by atoms with Crippen LogP contribution in [0, 0.1) is 23.7 Å². The molecule has 0 bridgehead atoms. The number of hydrogen-bond acceptors (Lipinski definition) is 6. The van der Waals surface area contributed by atoms with E-state index in [1.165, 1.54) is 0 Å². The largest absolute Gasteiger partial charge is 0.394 e. The van der Waals surface area contributed by atoms with Gasteiger partial charge in [-0.3, -0.25) is 5.26 Å². The molecule has 0 amide bonds. The zero-order valence-electron chi connectivity index (χ0n) is 17.3. The van der Waals surface area contributed by atoms with Crippen LogP contribution in [0.2, 0.25) is 0 Å². The number of ether oxygens (including phenoxy) is 2. The Morgan fingerprint density at radius 1 is 0.731 bits per heavy atom. The van der Waals surface area contributed by atoms with Gasteiger partial charge in [-0.1, -0.05) is 17.8 Å². The summed E-state index contributed by atoms with van der Waals surface area (Å²) in [6.45, 7) is 19.0. The molecule has 0 atom stereocenters. The minimum Gasteiger partial charge on any atom is -0.394 e. The summed E-state index contributed by atoms with van der Waals surface area (Å²) < 4.78 is 10.5. The lowest BCUT2D eigenvalue weighted by molar-refractivity contribution is -0.293. The van der Waals surface area contributed by atoms with Crippen LogP contribution in [0.5, 0.6) is 0 Å². The van der Waals surface area contributed by atoms with E-state index in [-0.39, 0.29) is 19.8 Å². The Morgan fingerprint density at radius 3 is 1.38 bits per heavy atom. The maximum atomic E-state index is 8.57. The van der Waals surface area contributed by atoms with Gasteiger partial charge in [0, 0.05) is 0 Å². The predicted molar refractivity (Wildman–Crippen MR) is 105 cm³/mol. The molecule has 0 heterocycles. The van der Waals surface area contributed by atoms with E-state index in [0.29, 0.717) is 6.61 Å². The average molecular weight is 373 g/mol. The lowest BCUT2D eigenvalue weighted by Crippen LogP contribution is -2.26. The average Bonchev–Trinajstić information content (AvgIpc) is 2.59. The molecule has 152 valence electrons. The smallest absolute Gasteiger partial charge is 0.158 e. The zero-order chi connectivity index (χ0) is 21.3. The topological polar surface area (TPSA) is 88.4 Å². The Hall–Kier alpha value is -1.38. The lowest BCUT2D eigenvalue weighted by atomic mass is 10.1. The number of aliphatic hydroxyl groups excluding tert-OH is 2. The number of hydrogen-bond donors (Lipinski definition) is 3. The first-order valence-corrected chi connectivity index (χ1v) is 8.25. The summed E-state index contributed by atoms with van der Waals surface area (Å²) >= 11 is 0. The predicted octanol–water partition coefficient (Wildman–Crippen LogP) is 2.64. The van der Waals surface area contributed by atoms with Gasteiger partial charge in [0.15, 0.2) is 5.60 Å². The van der Waals surface area contributed by atoms with E-state index in [4.69, 9.17) is 24.9 Å². The van der Waals surface area contributed by atoms with Crippen LogP contribution in [0.4, 0.5) is 0 Å². The summed E-state index contributed by atoms with van der Waals surface area (Å²) in [6.07, 6.45) is 0. The highest BCUT2D eigenvalue weighted by Gasteiger charge is 2.18. The van der Waals surface area contributed by atoms with Crippen LogP contribution in [-0.4, -0.2) is 58.7 Å². The summed E-state index contributed by atoms with van der Waals surface area (Å²) in [5, 5.41) is 25.5. The van der Waals surface area contributed by atoms with Gasteiger partial charge < -0.3 is 19.7 Å². The van der Waals surface area contributed by atoms with Crippen LogP contribution in [0.1, 0.15) is 48.5 Å². The number of aliphatic hydroxyl groups is 2. The van der Waals surface area contributed by atoms with Crippen molar-refractivity contribution in [3.05, 3.63) is 13.2 Å². The second-order valence-electron chi connectivity index (χ2n) is 6.39. The van der Waals surface area contributed by atoms with E-state index >= 15 is 0 Å². The molecule has 0 rings (SSSR count). The Labute approximate surface area is 159 Å². The van der Waals surface area contributed by atoms with Crippen molar-refractivity contribution in [3.8, 4) is 23.7 Å². The molecule has 3 N–H and O–H groups in total. The number of rotatable bonds is 7. The Bertz CT molecular complexity index is 460. The van der Waals surface area contributed by atoms with E-state index in [1.54, 1.807) is 34.6 Å². The molecular weight excluding hydrogens is 336 g/mol. The van der Waals surface area contributed by atoms with Gasteiger partial charge in [-0.2, -0.15) is 0 Å². The molecule has 0 fully saturated rings. The molecule has 0 saturated carbocycles. The molecule has 0 aromatic rings. The van der Waals surface area contributed by atoms with Gasteiger partial charge in [0.1, 0.15) is 11.2 Å². The van der Waals surface area contributed by atoms with Crippen LogP contribution < -0.4 is 0 Å². The first-order valence-electron chi connectivity index (χ1n) is 8.25. The van der Waals surface area contributed by atoms with Crippen molar-refractivity contribution in [2.45, 2.75) is 65.3 Å². The first kappa shape index (κ1) is 29.4. The van der Waals surface area contributed by atoms with Crippen molar-refractivity contribution in [3.63, 3.8) is 0 Å². The first-order chi connectivity index (χ1) is 11.9. The lowest BCUT2D eigenvalue weighted by Gasteiger charge is -2.19. The van der Waals surface area contributed by atoms with Crippen molar-refractivity contribution in [1.29, 1.82) is 0 Å². The quantitative estimate of drug-likeness (QED) is 0.276. The molecule has 26 heavy (non-hydrogen) atoms. The highest BCUT2D eigenvalue weighted by Crippen LogP contribution is 2.10. The molecule has 0 aliphatic rings. The van der Waals surface area contributed by atoms with Gasteiger partial charge in [0.25, 0.3) is 0 Å². The molecule has 0 aliphatic heterocycles. The van der Waals surface area contributed by atoms with E-state index < -0.39 is 16.8 Å². The van der Waals surface area contributed by atoms with Crippen molar-refractivity contribution < 1.29 is 29.8 Å². The van der Waals surface area contributed by atoms with Crippen molar-refractivity contribution in [1.82, 2.24) is 0 Å². The van der Waals surface area contributed by atoms with Crippen LogP contribution in [0.25, 0.3) is 0 Å². The van der Waals surface area contributed by atoms with Gasteiger partial charge in [0.05, 0.1) is 26.4 Å². The minimum atomic E-state index is -0.903. The fourth-order valence-corrected chi connectivity index (χ4v) is 1.30. The molecule has 6 heteroatoms. The minimum absolute atomic E-state index is 0.0367. The van der Waals surface area contributed by atoms with Gasteiger partial charge in [-0.25, -0.2) is 4.89 Å². The molecule has 0 saturated heterocycles. The van der Waals surface area contributed by atoms with Crippen LogP contribution >= 0.6 is 0 Å². The van der Waals surface area contributed by atoms with E-state index in [2.05, 4.69) is 41.7 Å². The Kier molecular flexibility index (Phi) is 17.9. The van der Waals surface area contributed by atoms with Crippen molar-refractivity contribution in [2.24, 2.45) is 0 Å². The molecule has 0 radical (unpaired) electrons. The van der Waals surface area contributed by atoms with E-state index in [0.717, 1.165) is 0 Å². The van der Waals surface area contributed by atoms with Crippen molar-refractivity contribution in [2.75, 3.05) is 26.4 Å². The Balaban J connectivity index is -0.000000388. The second kappa shape index (κ2) is 15.8. The normalized spacial score (nSPS) is 10.7. The zero-order valence-corrected chi connectivity index (χ0v) is 17.3. The molecule has 0 aliphatic carbocycles. The highest BCUT2D eigenvalue weighted by atomic mass is 17.1. The van der Waals surface area contributed by atoms with Gasteiger partial charge in [-0.15, -0.1) is 19.1 Å². The Morgan fingerprint density at radius 2 is 1.08 bits per heavy atom. The van der Waals surface area contributed by atoms with Gasteiger partial charge in [-0.05, 0) is 48.5 Å². The van der Waals surface area contributed by atoms with Gasteiger partial charge in [0.2, 0.25) is 0 Å². The molecule has 0 spiro atoms. The summed E-state index contributed by atoms with van der Waals surface area (Å²) in [5.41, 5.74) is -1.98. The van der Waals surface area contributed by atoms with E-state index in [1.807, 2.05) is 13.8 Å². The molecule has 6 nitrogen and oxygen atoms in total.